The smallest absolute Gasteiger partial charge is 0.0701 e. The first-order chi connectivity index (χ1) is 5.60. The monoisotopic (exact) mass is 402 g/mol. The van der Waals surface area contributed by atoms with Crippen LogP contribution in [0.3, 0.4) is 0 Å². The summed E-state index contributed by atoms with van der Waals surface area (Å²) in [6.45, 7) is 0. The fraction of sp³-hybridized carbons (Fsp3) is 1.00. The molecule has 12 heavy (non-hydrogen) atoms. The maximum absolute atomic E-state index is 5.81. The summed E-state index contributed by atoms with van der Waals surface area (Å²) in [6, 6.07) is 0. The molecule has 0 saturated carbocycles. The molecule has 0 aromatic heterocycles. The number of hydrogen-bond acceptors (Lipinski definition) is 0. The lowest BCUT2D eigenvalue weighted by Gasteiger charge is -2.16. The molecule has 2 atom stereocenters. The quantitative estimate of drug-likeness (QED) is 0.560. The molecule has 74 valence electrons. The zero-order valence-electron chi connectivity index (χ0n) is 6.45. The minimum Gasteiger partial charge on any atom is -0.126 e. The second kappa shape index (κ2) is 8.34. The Labute approximate surface area is 109 Å². The Hall–Kier alpha value is 2.02. The van der Waals surface area contributed by atoms with E-state index in [1.807, 2.05) is 0 Å². The van der Waals surface area contributed by atoms with Gasteiger partial charge < -0.3 is 0 Å². The highest BCUT2D eigenvalue weighted by molar-refractivity contribution is 9.24. The molecule has 0 aliphatic carbocycles. The largest absolute Gasteiger partial charge is 0.126 e. The average molecular weight is 406 g/mol. The Balaban J connectivity index is 3.66. The summed E-state index contributed by atoms with van der Waals surface area (Å²) < 4.78 is 0.351. The SMILES string of the molecule is ClCC(Br)CC(CCl)CC(Br)Br. The molecule has 0 nitrogen and oxygen atoms in total. The molecule has 0 aromatic rings. The van der Waals surface area contributed by atoms with Gasteiger partial charge in [-0.3, -0.25) is 0 Å². The zero-order chi connectivity index (χ0) is 9.56. The summed E-state index contributed by atoms with van der Waals surface area (Å²) >= 11 is 21.8. The van der Waals surface area contributed by atoms with Crippen LogP contribution in [0.2, 0.25) is 0 Å². The second-order valence-corrected chi connectivity index (χ2v) is 7.99. The molecule has 0 rings (SSSR count). The van der Waals surface area contributed by atoms with Crippen molar-refractivity contribution in [2.45, 2.75) is 21.4 Å². The molecule has 0 heterocycles. The van der Waals surface area contributed by atoms with E-state index in [1.165, 1.54) is 0 Å². The van der Waals surface area contributed by atoms with Crippen LogP contribution in [0.1, 0.15) is 12.8 Å². The van der Waals surface area contributed by atoms with Gasteiger partial charge >= 0.3 is 0 Å². The van der Waals surface area contributed by atoms with Crippen molar-refractivity contribution in [3.63, 3.8) is 0 Å². The van der Waals surface area contributed by atoms with Crippen LogP contribution < -0.4 is 0 Å². The summed E-state index contributed by atoms with van der Waals surface area (Å²) in [5, 5.41) is 0. The topological polar surface area (TPSA) is 0 Å². The van der Waals surface area contributed by atoms with Gasteiger partial charge in [0.1, 0.15) is 0 Å². The predicted octanol–water partition coefficient (Wildman–Crippen LogP) is 4.74. The molecule has 0 saturated heterocycles. The molecule has 0 spiro atoms. The van der Waals surface area contributed by atoms with Crippen molar-refractivity contribution in [2.75, 3.05) is 11.8 Å². The van der Waals surface area contributed by atoms with Gasteiger partial charge in [0.05, 0.1) is 3.74 Å². The van der Waals surface area contributed by atoms with Crippen molar-refractivity contribution >= 4 is 71.0 Å². The average Bonchev–Trinajstić information content (AvgIpc) is 2.02. The van der Waals surface area contributed by atoms with Crippen LogP contribution in [0.4, 0.5) is 0 Å². The van der Waals surface area contributed by atoms with E-state index in [4.69, 9.17) is 23.2 Å². The first-order valence-electron chi connectivity index (χ1n) is 3.64. The number of hydrogen-bond donors (Lipinski definition) is 0. The second-order valence-electron chi connectivity index (χ2n) is 2.63. The summed E-state index contributed by atoms with van der Waals surface area (Å²) in [5.41, 5.74) is 0. The standard InChI is InChI=1S/C7H11Br3Cl2/c8-6(4-12)1-5(3-11)2-7(9)10/h5-7H,1-4H2. The summed E-state index contributed by atoms with van der Waals surface area (Å²) in [4.78, 5) is 0.377. The van der Waals surface area contributed by atoms with Crippen LogP contribution in [0.25, 0.3) is 0 Å². The maximum Gasteiger partial charge on any atom is 0.0701 e. The lowest BCUT2D eigenvalue weighted by Crippen LogP contribution is -2.13. The number of halogens is 5. The van der Waals surface area contributed by atoms with E-state index in [0.717, 1.165) is 12.8 Å². The van der Waals surface area contributed by atoms with E-state index < -0.39 is 0 Å². The Kier molecular flexibility index (Phi) is 9.74. The third kappa shape index (κ3) is 7.43. The molecule has 0 bridgehead atoms. The molecule has 2 unspecified atom stereocenters. The lowest BCUT2D eigenvalue weighted by atomic mass is 10.0. The van der Waals surface area contributed by atoms with Crippen molar-refractivity contribution in [3.05, 3.63) is 0 Å². The van der Waals surface area contributed by atoms with E-state index >= 15 is 0 Å². The van der Waals surface area contributed by atoms with Gasteiger partial charge in [0.2, 0.25) is 0 Å². The normalized spacial score (nSPS) is 16.5. The van der Waals surface area contributed by atoms with Gasteiger partial charge in [-0.25, -0.2) is 0 Å². The molecule has 0 N–H and O–H groups in total. The van der Waals surface area contributed by atoms with E-state index in [1.54, 1.807) is 0 Å². The highest BCUT2D eigenvalue weighted by atomic mass is 79.9. The first-order valence-corrected chi connectivity index (χ1v) is 7.45. The van der Waals surface area contributed by atoms with Crippen LogP contribution in [0.15, 0.2) is 0 Å². The molecule has 0 aromatic carbocycles. The van der Waals surface area contributed by atoms with E-state index in [2.05, 4.69) is 47.8 Å². The van der Waals surface area contributed by atoms with Gasteiger partial charge in [0, 0.05) is 16.6 Å². The van der Waals surface area contributed by atoms with Crippen LogP contribution >= 0.6 is 71.0 Å². The Morgan fingerprint density at radius 2 is 1.50 bits per heavy atom. The molecule has 0 radical (unpaired) electrons. The minimum absolute atomic E-state index is 0.351. The highest BCUT2D eigenvalue weighted by Gasteiger charge is 2.15. The van der Waals surface area contributed by atoms with Gasteiger partial charge in [-0.2, -0.15) is 0 Å². The van der Waals surface area contributed by atoms with Gasteiger partial charge in [0.15, 0.2) is 0 Å². The number of rotatable bonds is 6. The maximum atomic E-state index is 5.81. The first kappa shape index (κ1) is 14.0. The summed E-state index contributed by atoms with van der Waals surface area (Å²) in [6.07, 6.45) is 2.06. The fourth-order valence-electron chi connectivity index (χ4n) is 0.899. The molecule has 0 aliphatic heterocycles. The van der Waals surface area contributed by atoms with Gasteiger partial charge in [-0.05, 0) is 18.8 Å². The van der Waals surface area contributed by atoms with E-state index in [0.29, 0.717) is 26.2 Å². The van der Waals surface area contributed by atoms with E-state index in [9.17, 15) is 0 Å². The molecular weight excluding hydrogens is 395 g/mol. The Bertz CT molecular complexity index is 111. The third-order valence-electron chi connectivity index (χ3n) is 1.49. The minimum atomic E-state index is 0.351. The number of alkyl halides is 5. The van der Waals surface area contributed by atoms with Gasteiger partial charge in [0.25, 0.3) is 0 Å². The van der Waals surface area contributed by atoms with Crippen LogP contribution in [-0.4, -0.2) is 20.3 Å². The van der Waals surface area contributed by atoms with Crippen molar-refractivity contribution < 1.29 is 0 Å². The zero-order valence-corrected chi connectivity index (χ0v) is 12.7. The fourth-order valence-corrected chi connectivity index (χ4v) is 2.86. The van der Waals surface area contributed by atoms with Gasteiger partial charge in [-0.15, -0.1) is 23.2 Å². The summed E-state index contributed by atoms with van der Waals surface area (Å²) in [5.74, 6) is 1.84. The van der Waals surface area contributed by atoms with Crippen LogP contribution in [0.5, 0.6) is 0 Å². The van der Waals surface area contributed by atoms with Crippen molar-refractivity contribution in [3.8, 4) is 0 Å². The molecule has 0 amide bonds. The van der Waals surface area contributed by atoms with Gasteiger partial charge in [-0.1, -0.05) is 47.8 Å². The predicted molar refractivity (Wildman–Crippen MR) is 68.5 cm³/mol. The molecule has 5 heteroatoms. The Morgan fingerprint density at radius 3 is 1.83 bits per heavy atom. The van der Waals surface area contributed by atoms with Crippen molar-refractivity contribution in [1.29, 1.82) is 0 Å². The summed E-state index contributed by atoms with van der Waals surface area (Å²) in [7, 11) is 0. The van der Waals surface area contributed by atoms with E-state index in [-0.39, 0.29) is 0 Å². The Morgan fingerprint density at radius 1 is 0.917 bits per heavy atom. The molecule has 0 fully saturated rings. The van der Waals surface area contributed by atoms with Crippen molar-refractivity contribution in [2.24, 2.45) is 5.92 Å². The molecular formula is C7H11Br3Cl2. The van der Waals surface area contributed by atoms with Crippen LogP contribution in [-0.2, 0) is 0 Å². The van der Waals surface area contributed by atoms with Crippen molar-refractivity contribution in [1.82, 2.24) is 0 Å². The third-order valence-corrected chi connectivity index (χ3v) is 4.11. The highest BCUT2D eigenvalue weighted by Crippen LogP contribution is 2.25. The molecule has 0 aliphatic rings. The van der Waals surface area contributed by atoms with Crippen LogP contribution in [0, 0.1) is 5.92 Å². The lowest BCUT2D eigenvalue weighted by molar-refractivity contribution is 0.525.